The van der Waals surface area contributed by atoms with E-state index in [0.717, 1.165) is 0 Å². The minimum atomic E-state index is -5.51. The van der Waals surface area contributed by atoms with E-state index in [1.165, 1.54) is 0 Å². The van der Waals surface area contributed by atoms with Crippen LogP contribution in [0.3, 0.4) is 0 Å². The summed E-state index contributed by atoms with van der Waals surface area (Å²) in [4.78, 5) is 20.6. The van der Waals surface area contributed by atoms with Gasteiger partial charge >= 0.3 is 19.5 Å². The Hall–Kier alpha value is 0.533. The molecule has 0 aliphatic heterocycles. The first-order valence-corrected chi connectivity index (χ1v) is 5.72. The third-order valence-electron chi connectivity index (χ3n) is 2.32. The molecule has 5 N–H and O–H groups in total. The fourth-order valence-electron chi connectivity index (χ4n) is 1.47. The van der Waals surface area contributed by atoms with E-state index < -0.39 is 44.4 Å². The predicted octanol–water partition coefficient (Wildman–Crippen LogP) is -4.98. The van der Waals surface area contributed by atoms with Gasteiger partial charge in [0.2, 0.25) is 0 Å². The zero-order chi connectivity index (χ0) is 12.7. The summed E-state index contributed by atoms with van der Waals surface area (Å²) in [5.41, 5.74) is 0. The van der Waals surface area contributed by atoms with Gasteiger partial charge in [-0.1, -0.05) is 0 Å². The fraction of sp³-hybridized carbons (Fsp3) is 1.00. The van der Waals surface area contributed by atoms with E-state index in [1.807, 2.05) is 0 Å². The number of rotatable bonds is 2. The van der Waals surface area contributed by atoms with Gasteiger partial charge in [-0.15, -0.1) is 0 Å². The molecule has 0 spiro atoms. The van der Waals surface area contributed by atoms with Crippen LogP contribution in [0.1, 0.15) is 0 Å². The molecule has 0 aromatic rings. The molecule has 0 amide bonds. The minimum absolute atomic E-state index is 0. The molecular weight excluding hydrogens is 312 g/mol. The number of aliphatic hydroxyl groups excluding tert-OH is 5. The van der Waals surface area contributed by atoms with Crippen LogP contribution in [0.2, 0.25) is 0 Å². The summed E-state index contributed by atoms with van der Waals surface area (Å²) < 4.78 is 14.1. The number of phosphoric ester groups is 1. The van der Waals surface area contributed by atoms with E-state index in [2.05, 4.69) is 4.52 Å². The van der Waals surface area contributed by atoms with E-state index in [9.17, 15) is 24.6 Å². The first-order chi connectivity index (χ1) is 7.15. The molecule has 9 nitrogen and oxygen atoms in total. The Kier molecular flexibility index (Phi) is 6.31. The standard InChI is InChI=1S/C6H13O9P.Zn/c7-1-2(8)4(10)6(5(11)3(1)9)15-16(12,13)14;/h1-11H,(H2,12,13,14);/q;+2/p-2/t1?,2-,3+,4-,5-,6?;/m0./s1. The van der Waals surface area contributed by atoms with Gasteiger partial charge in [-0.25, -0.2) is 0 Å². The molecule has 96 valence electrons. The van der Waals surface area contributed by atoms with Crippen molar-refractivity contribution >= 4 is 7.82 Å². The third-order valence-corrected chi connectivity index (χ3v) is 2.83. The van der Waals surface area contributed by atoms with Crippen LogP contribution in [0.15, 0.2) is 0 Å². The SMILES string of the molecule is O=P([O-])([O-])OC1[C@@H](O)[C@H](O)C(O)[C@H](O)[C@@H]1O.[Zn+2]. The summed E-state index contributed by atoms with van der Waals surface area (Å²) in [5.74, 6) is 0. The average molecular weight is 324 g/mol. The first-order valence-electron chi connectivity index (χ1n) is 4.26. The maximum Gasteiger partial charge on any atom is 2.00 e. The van der Waals surface area contributed by atoms with E-state index >= 15 is 0 Å². The van der Waals surface area contributed by atoms with Crippen molar-refractivity contribution < 1.29 is 63.9 Å². The van der Waals surface area contributed by atoms with Gasteiger partial charge in [0.15, 0.2) is 0 Å². The molecule has 0 aromatic heterocycles. The molecule has 1 fully saturated rings. The second-order valence-electron chi connectivity index (χ2n) is 3.47. The second-order valence-corrected chi connectivity index (χ2v) is 4.58. The molecule has 0 aromatic carbocycles. The molecule has 1 rings (SSSR count). The van der Waals surface area contributed by atoms with E-state index in [-0.39, 0.29) is 19.5 Å². The Morgan fingerprint density at radius 2 is 1.12 bits per heavy atom. The maximum atomic E-state index is 10.3. The predicted molar refractivity (Wildman–Crippen MR) is 42.5 cm³/mol. The quantitative estimate of drug-likeness (QED) is 0.246. The van der Waals surface area contributed by atoms with Gasteiger partial charge in [0.05, 0.1) is 7.82 Å². The van der Waals surface area contributed by atoms with Crippen LogP contribution >= 0.6 is 7.82 Å². The van der Waals surface area contributed by atoms with Gasteiger partial charge in [-0.3, -0.25) is 0 Å². The zero-order valence-corrected chi connectivity index (χ0v) is 12.3. The number of phosphoric acid groups is 1. The maximum absolute atomic E-state index is 10.3. The van der Waals surface area contributed by atoms with Gasteiger partial charge in [0.1, 0.15) is 36.6 Å². The second kappa shape index (κ2) is 6.12. The molecule has 0 saturated heterocycles. The normalized spacial score (nSPS) is 43.0. The molecule has 0 heterocycles. The van der Waals surface area contributed by atoms with Crippen molar-refractivity contribution in [1.29, 1.82) is 0 Å². The summed E-state index contributed by atoms with van der Waals surface area (Å²) in [6, 6.07) is 0. The molecule has 11 heteroatoms. The van der Waals surface area contributed by atoms with Crippen molar-refractivity contribution in [3.8, 4) is 0 Å². The third kappa shape index (κ3) is 4.00. The molecule has 6 atom stereocenters. The van der Waals surface area contributed by atoms with E-state index in [4.69, 9.17) is 15.3 Å². The molecule has 1 aliphatic carbocycles. The number of aliphatic hydroxyl groups is 5. The molecule has 0 bridgehead atoms. The smallest absolute Gasteiger partial charge is 0.790 e. The van der Waals surface area contributed by atoms with E-state index in [0.29, 0.717) is 0 Å². The fourth-order valence-corrected chi connectivity index (χ4v) is 2.02. The summed E-state index contributed by atoms with van der Waals surface area (Å²) in [6.45, 7) is 0. The van der Waals surface area contributed by atoms with Gasteiger partial charge < -0.3 is 44.4 Å². The summed E-state index contributed by atoms with van der Waals surface area (Å²) in [6.07, 6.45) is -11.8. The van der Waals surface area contributed by atoms with Gasteiger partial charge in [0.25, 0.3) is 0 Å². The average Bonchev–Trinajstić information content (AvgIpc) is 2.17. The van der Waals surface area contributed by atoms with Crippen LogP contribution in [-0.2, 0) is 28.6 Å². The van der Waals surface area contributed by atoms with Crippen LogP contribution in [0.5, 0.6) is 0 Å². The molecular formula is C6H11O9PZn. The Labute approximate surface area is 109 Å². The molecule has 1 saturated carbocycles. The van der Waals surface area contributed by atoms with Crippen molar-refractivity contribution in [2.45, 2.75) is 36.6 Å². The van der Waals surface area contributed by atoms with Crippen LogP contribution < -0.4 is 9.79 Å². The van der Waals surface area contributed by atoms with Crippen molar-refractivity contribution in [2.75, 3.05) is 0 Å². The molecule has 0 radical (unpaired) electrons. The van der Waals surface area contributed by atoms with Gasteiger partial charge in [-0.2, -0.15) is 0 Å². The Balaban J connectivity index is 0.00000256. The van der Waals surface area contributed by atoms with Crippen LogP contribution in [0.4, 0.5) is 0 Å². The van der Waals surface area contributed by atoms with Crippen molar-refractivity contribution in [2.24, 2.45) is 0 Å². The van der Waals surface area contributed by atoms with Crippen molar-refractivity contribution in [1.82, 2.24) is 0 Å². The number of hydrogen-bond acceptors (Lipinski definition) is 9. The van der Waals surface area contributed by atoms with Gasteiger partial charge in [0, 0.05) is 0 Å². The van der Waals surface area contributed by atoms with Crippen LogP contribution in [-0.4, -0.2) is 62.2 Å². The zero-order valence-electron chi connectivity index (χ0n) is 8.49. The van der Waals surface area contributed by atoms with E-state index in [1.54, 1.807) is 0 Å². The molecule has 2 unspecified atom stereocenters. The van der Waals surface area contributed by atoms with Gasteiger partial charge in [-0.05, 0) is 0 Å². The summed E-state index contributed by atoms with van der Waals surface area (Å²) >= 11 is 0. The molecule has 1 aliphatic rings. The van der Waals surface area contributed by atoms with Crippen molar-refractivity contribution in [3.05, 3.63) is 0 Å². The Morgan fingerprint density at radius 1 is 0.824 bits per heavy atom. The van der Waals surface area contributed by atoms with Crippen molar-refractivity contribution in [3.63, 3.8) is 0 Å². The summed E-state index contributed by atoms with van der Waals surface area (Å²) in [7, 11) is -5.51. The summed E-state index contributed by atoms with van der Waals surface area (Å²) in [5, 5.41) is 45.9. The monoisotopic (exact) mass is 322 g/mol. The Bertz CT molecular complexity index is 279. The van der Waals surface area contributed by atoms with Crippen LogP contribution in [0, 0.1) is 0 Å². The minimum Gasteiger partial charge on any atom is -0.790 e. The largest absolute Gasteiger partial charge is 2.00 e. The Morgan fingerprint density at radius 3 is 1.41 bits per heavy atom. The molecule has 17 heavy (non-hydrogen) atoms. The van der Waals surface area contributed by atoms with Crippen LogP contribution in [0.25, 0.3) is 0 Å². The number of hydrogen-bond donors (Lipinski definition) is 5. The first kappa shape index (κ1) is 17.5. The topological polar surface area (TPSA) is 174 Å².